The minimum absolute atomic E-state index is 0.0130. The van der Waals surface area contributed by atoms with Crippen molar-refractivity contribution < 1.29 is 14.7 Å². The number of hydrogen-bond acceptors (Lipinski definition) is 7. The molecule has 0 spiro atoms. The van der Waals surface area contributed by atoms with Gasteiger partial charge in [0.05, 0.1) is 28.1 Å². The number of carboxylic acids is 1. The molecule has 1 N–H and O–H groups in total. The minimum Gasteiger partial charge on any atom is -0.545 e. The zero-order valence-corrected chi connectivity index (χ0v) is 14.7. The maximum absolute atomic E-state index is 12.2. The van der Waals surface area contributed by atoms with Crippen LogP contribution in [-0.4, -0.2) is 37.8 Å². The molecule has 0 aliphatic carbocycles. The van der Waals surface area contributed by atoms with Gasteiger partial charge in [-0.25, -0.2) is 0 Å². The highest BCUT2D eigenvalue weighted by atomic mass is 35.5. The SMILES string of the molecule is O=C(CSc1nnnn1-c1ccccc1)Nc1cc(C(=O)[O-])ccc1Cl. The van der Waals surface area contributed by atoms with Gasteiger partial charge in [0, 0.05) is 0 Å². The Morgan fingerprint density at radius 2 is 1.96 bits per heavy atom. The van der Waals surface area contributed by atoms with Crippen LogP contribution < -0.4 is 10.4 Å². The third-order valence-corrected chi connectivity index (χ3v) is 4.50. The molecule has 3 aromatic rings. The number of rotatable bonds is 6. The van der Waals surface area contributed by atoms with Crippen molar-refractivity contribution in [3.63, 3.8) is 0 Å². The molecule has 10 heteroatoms. The Bertz CT molecular complexity index is 948. The molecule has 2 aromatic carbocycles. The molecule has 1 aromatic heterocycles. The third kappa shape index (κ3) is 4.19. The van der Waals surface area contributed by atoms with Gasteiger partial charge in [-0.05, 0) is 40.3 Å². The molecule has 0 aliphatic heterocycles. The molecule has 1 heterocycles. The van der Waals surface area contributed by atoms with Gasteiger partial charge in [-0.1, -0.05) is 47.6 Å². The maximum atomic E-state index is 12.2. The standard InChI is InChI=1S/C16H12ClN5O3S/c17-12-7-6-10(15(24)25)8-13(12)18-14(23)9-26-16-19-20-21-22(16)11-4-2-1-3-5-11/h1-8H,9H2,(H,18,23)(H,24,25)/p-1. The van der Waals surface area contributed by atoms with Crippen LogP contribution >= 0.6 is 23.4 Å². The van der Waals surface area contributed by atoms with Crippen LogP contribution in [0.2, 0.25) is 5.02 Å². The lowest BCUT2D eigenvalue weighted by Crippen LogP contribution is -2.22. The predicted molar refractivity (Wildman–Crippen MR) is 94.3 cm³/mol. The van der Waals surface area contributed by atoms with Gasteiger partial charge in [0.2, 0.25) is 11.1 Å². The van der Waals surface area contributed by atoms with Crippen molar-refractivity contribution >= 4 is 40.9 Å². The molecule has 1 amide bonds. The second kappa shape index (κ2) is 7.98. The van der Waals surface area contributed by atoms with E-state index in [0.29, 0.717) is 5.16 Å². The average molecular weight is 389 g/mol. The number of nitrogens with zero attached hydrogens (tertiary/aromatic N) is 4. The van der Waals surface area contributed by atoms with E-state index in [-0.39, 0.29) is 27.9 Å². The van der Waals surface area contributed by atoms with Crippen molar-refractivity contribution in [3.8, 4) is 5.69 Å². The second-order valence-corrected chi connectivity index (χ2v) is 6.38. The summed E-state index contributed by atoms with van der Waals surface area (Å²) >= 11 is 7.11. The number of aromatic carboxylic acids is 1. The number of hydrogen-bond donors (Lipinski definition) is 1. The van der Waals surface area contributed by atoms with Gasteiger partial charge < -0.3 is 15.2 Å². The highest BCUT2D eigenvalue weighted by Crippen LogP contribution is 2.24. The van der Waals surface area contributed by atoms with Crippen LogP contribution in [0.4, 0.5) is 5.69 Å². The van der Waals surface area contributed by atoms with Gasteiger partial charge in [0.15, 0.2) is 0 Å². The van der Waals surface area contributed by atoms with Crippen molar-refractivity contribution in [1.29, 1.82) is 0 Å². The molecule has 0 saturated heterocycles. The fourth-order valence-electron chi connectivity index (χ4n) is 2.06. The van der Waals surface area contributed by atoms with E-state index in [1.54, 1.807) is 0 Å². The zero-order chi connectivity index (χ0) is 18.5. The normalized spacial score (nSPS) is 10.5. The summed E-state index contributed by atoms with van der Waals surface area (Å²) in [6.07, 6.45) is 0. The van der Waals surface area contributed by atoms with E-state index in [0.717, 1.165) is 17.4 Å². The number of nitrogens with one attached hydrogen (secondary N) is 1. The lowest BCUT2D eigenvalue weighted by Gasteiger charge is -2.10. The van der Waals surface area contributed by atoms with Crippen molar-refractivity contribution in [1.82, 2.24) is 20.2 Å². The largest absolute Gasteiger partial charge is 0.545 e. The first kappa shape index (κ1) is 17.9. The highest BCUT2D eigenvalue weighted by molar-refractivity contribution is 7.99. The van der Waals surface area contributed by atoms with Crippen molar-refractivity contribution in [2.75, 3.05) is 11.1 Å². The molecule has 8 nitrogen and oxygen atoms in total. The molecular formula is C16H11ClN5O3S-. The van der Waals surface area contributed by atoms with Crippen molar-refractivity contribution in [3.05, 3.63) is 59.1 Å². The summed E-state index contributed by atoms with van der Waals surface area (Å²) in [5.41, 5.74) is 0.886. The quantitative estimate of drug-likeness (QED) is 0.635. The van der Waals surface area contributed by atoms with E-state index in [1.807, 2.05) is 30.3 Å². The number of benzene rings is 2. The van der Waals surface area contributed by atoms with Crippen LogP contribution in [0.3, 0.4) is 0 Å². The van der Waals surface area contributed by atoms with Crippen LogP contribution in [0, 0.1) is 0 Å². The summed E-state index contributed by atoms with van der Waals surface area (Å²) < 4.78 is 1.52. The van der Waals surface area contributed by atoms with Crippen LogP contribution in [0.15, 0.2) is 53.7 Å². The number of halogens is 1. The van der Waals surface area contributed by atoms with E-state index >= 15 is 0 Å². The number of aromatic nitrogens is 4. The Labute approximate surface area is 157 Å². The first-order valence-corrected chi connectivity index (χ1v) is 8.68. The smallest absolute Gasteiger partial charge is 0.234 e. The van der Waals surface area contributed by atoms with E-state index in [9.17, 15) is 14.7 Å². The first-order valence-electron chi connectivity index (χ1n) is 7.32. The van der Waals surface area contributed by atoms with Gasteiger partial charge >= 0.3 is 0 Å². The molecule has 0 aliphatic rings. The van der Waals surface area contributed by atoms with Crippen molar-refractivity contribution in [2.24, 2.45) is 0 Å². The summed E-state index contributed by atoms with van der Waals surface area (Å²) in [5.74, 6) is -1.72. The monoisotopic (exact) mass is 388 g/mol. The van der Waals surface area contributed by atoms with Gasteiger partial charge in [-0.15, -0.1) is 5.10 Å². The molecule has 0 saturated carbocycles. The number of tetrazole rings is 1. The molecule has 26 heavy (non-hydrogen) atoms. The lowest BCUT2D eigenvalue weighted by atomic mass is 10.2. The van der Waals surface area contributed by atoms with Crippen LogP contribution in [0.25, 0.3) is 5.69 Å². The Morgan fingerprint density at radius 3 is 2.69 bits per heavy atom. The third-order valence-electron chi connectivity index (χ3n) is 3.25. The number of carbonyl (C=O) groups excluding carboxylic acids is 2. The van der Waals surface area contributed by atoms with E-state index < -0.39 is 5.97 Å². The van der Waals surface area contributed by atoms with Gasteiger partial charge in [0.1, 0.15) is 0 Å². The number of anilines is 1. The molecular weight excluding hydrogens is 378 g/mol. The fraction of sp³-hybridized carbons (Fsp3) is 0.0625. The summed E-state index contributed by atoms with van der Waals surface area (Å²) in [6.45, 7) is 0. The highest BCUT2D eigenvalue weighted by Gasteiger charge is 2.13. The van der Waals surface area contributed by atoms with Gasteiger partial charge in [-0.3, -0.25) is 4.79 Å². The Morgan fingerprint density at radius 1 is 1.19 bits per heavy atom. The topological polar surface area (TPSA) is 113 Å². The van der Waals surface area contributed by atoms with Crippen LogP contribution in [-0.2, 0) is 4.79 Å². The summed E-state index contributed by atoms with van der Waals surface area (Å²) in [6, 6.07) is 13.2. The zero-order valence-electron chi connectivity index (χ0n) is 13.1. The van der Waals surface area contributed by atoms with E-state index in [2.05, 4.69) is 20.8 Å². The molecule has 132 valence electrons. The lowest BCUT2D eigenvalue weighted by molar-refractivity contribution is -0.255. The average Bonchev–Trinajstić information content (AvgIpc) is 3.11. The molecule has 0 radical (unpaired) electrons. The number of thioether (sulfide) groups is 1. The van der Waals surface area contributed by atoms with Gasteiger partial charge in [0.25, 0.3) is 0 Å². The fourth-order valence-corrected chi connectivity index (χ4v) is 2.92. The number of carboxylic acid groups (broad SMARTS) is 1. The Hall–Kier alpha value is -2.91. The minimum atomic E-state index is -1.35. The van der Waals surface area contributed by atoms with Gasteiger partial charge in [-0.2, -0.15) is 4.68 Å². The molecule has 0 bridgehead atoms. The molecule has 3 rings (SSSR count). The van der Waals surface area contributed by atoms with Crippen molar-refractivity contribution in [2.45, 2.75) is 5.16 Å². The second-order valence-electron chi connectivity index (χ2n) is 5.03. The molecule has 0 atom stereocenters. The summed E-state index contributed by atoms with van der Waals surface area (Å²) in [5, 5.41) is 25.6. The summed E-state index contributed by atoms with van der Waals surface area (Å²) in [4.78, 5) is 23.1. The molecule has 0 unspecified atom stereocenters. The van der Waals surface area contributed by atoms with Crippen LogP contribution in [0.1, 0.15) is 10.4 Å². The van der Waals surface area contributed by atoms with E-state index in [4.69, 9.17) is 11.6 Å². The predicted octanol–water partition coefficient (Wildman–Crippen LogP) is 1.41. The molecule has 0 fully saturated rings. The summed E-state index contributed by atoms with van der Waals surface area (Å²) in [7, 11) is 0. The number of amides is 1. The number of para-hydroxylation sites is 1. The number of carbonyl (C=O) groups is 2. The first-order chi connectivity index (χ1) is 12.5. The maximum Gasteiger partial charge on any atom is 0.234 e. The van der Waals surface area contributed by atoms with E-state index in [1.165, 1.54) is 22.9 Å². The Kier molecular flexibility index (Phi) is 5.49. The van der Waals surface area contributed by atoms with Crippen LogP contribution in [0.5, 0.6) is 0 Å². The Balaban J connectivity index is 1.67.